The van der Waals surface area contributed by atoms with Crippen molar-refractivity contribution in [3.63, 3.8) is 0 Å². The molecule has 2 aromatic carbocycles. The number of amides is 2. The van der Waals surface area contributed by atoms with E-state index in [-0.39, 0.29) is 11.8 Å². The first-order valence-electron chi connectivity index (χ1n) is 21.6. The van der Waals surface area contributed by atoms with E-state index in [4.69, 9.17) is 11.5 Å². The van der Waals surface area contributed by atoms with Crippen LogP contribution in [0.1, 0.15) is 73.4 Å². The van der Waals surface area contributed by atoms with Crippen molar-refractivity contribution in [2.24, 2.45) is 0 Å². The van der Waals surface area contributed by atoms with Crippen molar-refractivity contribution in [2.75, 3.05) is 84.0 Å². The highest BCUT2D eigenvalue weighted by molar-refractivity contribution is 5.96. The van der Waals surface area contributed by atoms with Gasteiger partial charge in [0.05, 0.1) is 11.1 Å². The molecule has 6 aromatic rings. The summed E-state index contributed by atoms with van der Waals surface area (Å²) in [4.78, 5) is 49.4. The molecule has 2 saturated heterocycles. The third-order valence-corrected chi connectivity index (χ3v) is 11.5. The molecule has 4 aromatic heterocycles. The minimum atomic E-state index is -0.0778. The number of hydrogen-bond donors (Lipinski definition) is 4. The molecule has 6 heterocycles. The molecule has 63 heavy (non-hydrogen) atoms. The fourth-order valence-corrected chi connectivity index (χ4v) is 7.56. The van der Waals surface area contributed by atoms with Crippen LogP contribution in [0.3, 0.4) is 0 Å². The number of piperidine rings is 1. The van der Waals surface area contributed by atoms with Gasteiger partial charge in [-0.3, -0.25) is 24.5 Å². The summed E-state index contributed by atoms with van der Waals surface area (Å²) in [7, 11) is 2.14. The van der Waals surface area contributed by atoms with Crippen LogP contribution >= 0.6 is 0 Å². The quantitative estimate of drug-likeness (QED) is 0.152. The fraction of sp³-hybridized carbons (Fsp3) is 0.320. The van der Waals surface area contributed by atoms with E-state index in [1.807, 2.05) is 74.5 Å². The SMILES string of the molecule is Cc1ccc(C(=O)NCCN2CCCCC2)cc1C#Cc1cnc(N)c2ncccc12.Cc1ccc(C(=O)NCCN2CCN(C)CC2)cc1C#Cc1cnc(N)c2ncccc12. The van der Waals surface area contributed by atoms with Crippen molar-refractivity contribution < 1.29 is 9.59 Å². The van der Waals surface area contributed by atoms with Crippen LogP contribution in [0.5, 0.6) is 0 Å². The minimum Gasteiger partial charge on any atom is -0.382 e. The summed E-state index contributed by atoms with van der Waals surface area (Å²) < 4.78 is 0. The molecule has 0 bridgehead atoms. The summed E-state index contributed by atoms with van der Waals surface area (Å²) in [5.41, 5.74) is 19.5. The lowest BCUT2D eigenvalue weighted by Crippen LogP contribution is -2.46. The molecular weight excluding hydrogens is 787 g/mol. The maximum Gasteiger partial charge on any atom is 0.251 e. The van der Waals surface area contributed by atoms with Crippen LogP contribution in [0, 0.1) is 37.5 Å². The first kappa shape index (κ1) is 44.2. The topological polar surface area (TPSA) is 172 Å². The molecule has 6 N–H and O–H groups in total. The molecular formula is C50H55N11O2. The second-order valence-electron chi connectivity index (χ2n) is 16.0. The van der Waals surface area contributed by atoms with Crippen molar-refractivity contribution in [3.05, 3.63) is 130 Å². The number of anilines is 2. The average molecular weight is 842 g/mol. The van der Waals surface area contributed by atoms with Crippen molar-refractivity contribution >= 4 is 45.3 Å². The van der Waals surface area contributed by atoms with Gasteiger partial charge < -0.3 is 31.9 Å². The largest absolute Gasteiger partial charge is 0.382 e. The molecule has 0 atom stereocenters. The van der Waals surface area contributed by atoms with Crippen molar-refractivity contribution in [1.82, 2.24) is 45.3 Å². The molecule has 2 amide bonds. The number of benzene rings is 2. The number of fused-ring (bicyclic) bond motifs is 2. The maximum atomic E-state index is 12.7. The first-order chi connectivity index (χ1) is 30.6. The number of likely N-dealkylation sites (tertiary alicyclic amines) is 1. The smallest absolute Gasteiger partial charge is 0.251 e. The summed E-state index contributed by atoms with van der Waals surface area (Å²) in [6.45, 7) is 13.5. The highest BCUT2D eigenvalue weighted by Gasteiger charge is 2.15. The highest BCUT2D eigenvalue weighted by Crippen LogP contribution is 2.21. The normalized spacial score (nSPS) is 14.4. The van der Waals surface area contributed by atoms with Crippen LogP contribution in [0.15, 0.2) is 85.5 Å². The number of piperazine rings is 1. The number of aromatic nitrogens is 4. The molecule has 13 heteroatoms. The molecule has 0 saturated carbocycles. The van der Waals surface area contributed by atoms with Gasteiger partial charge in [0.1, 0.15) is 22.7 Å². The molecule has 8 rings (SSSR count). The van der Waals surface area contributed by atoms with Gasteiger partial charge in [-0.1, -0.05) is 42.2 Å². The Bertz CT molecular complexity index is 2720. The lowest BCUT2D eigenvalue weighted by molar-refractivity contribution is 0.0935. The van der Waals surface area contributed by atoms with Gasteiger partial charge >= 0.3 is 0 Å². The number of likely N-dealkylation sites (N-methyl/N-ethyl adjacent to an activating group) is 1. The Balaban J connectivity index is 0.000000189. The Hall–Kier alpha value is -6.90. The molecule has 13 nitrogen and oxygen atoms in total. The second-order valence-corrected chi connectivity index (χ2v) is 16.0. The Morgan fingerprint density at radius 1 is 0.587 bits per heavy atom. The Kier molecular flexibility index (Phi) is 14.9. The summed E-state index contributed by atoms with van der Waals surface area (Å²) in [6.07, 6.45) is 10.5. The van der Waals surface area contributed by atoms with Crippen molar-refractivity contribution in [3.8, 4) is 23.7 Å². The summed E-state index contributed by atoms with van der Waals surface area (Å²) in [5.74, 6) is 13.4. The summed E-state index contributed by atoms with van der Waals surface area (Å²) in [5, 5.41) is 7.80. The summed E-state index contributed by atoms with van der Waals surface area (Å²) >= 11 is 0. The van der Waals surface area contributed by atoms with Gasteiger partial charge in [-0.25, -0.2) is 9.97 Å². The van der Waals surface area contributed by atoms with Gasteiger partial charge in [-0.05, 0) is 106 Å². The summed E-state index contributed by atoms with van der Waals surface area (Å²) in [6, 6.07) is 18.8. The Labute approximate surface area is 369 Å². The number of carbonyl (C=O) groups is 2. The second kappa shape index (κ2) is 21.3. The van der Waals surface area contributed by atoms with E-state index in [2.05, 4.69) is 76.0 Å². The standard InChI is InChI=1S/C25H28N6O.C25H27N5O/c1-18-5-6-20(25(32)28-10-11-31-14-12-30(2)13-15-31)16-19(18)7-8-21-17-29-24(26)23-22(21)4-3-9-27-23;1-18-7-8-20(25(31)28-12-15-30-13-3-2-4-14-30)16-19(18)9-10-21-17-29-24(26)23-22(21)6-5-11-27-23/h3-6,9,16-17H,10-15H2,1-2H3,(H2,26,29)(H,28,32);5-8,11,16-17H,2-4,12-15H2,1H3,(H2,26,29)(H,28,31). The van der Waals surface area contributed by atoms with Crippen LogP contribution in [0.2, 0.25) is 0 Å². The lowest BCUT2D eigenvalue weighted by atomic mass is 10.0. The monoisotopic (exact) mass is 841 g/mol. The van der Waals surface area contributed by atoms with Gasteiger partial charge in [-0.15, -0.1) is 0 Å². The number of hydrogen-bond acceptors (Lipinski definition) is 11. The Morgan fingerprint density at radius 2 is 1.03 bits per heavy atom. The Morgan fingerprint density at radius 3 is 1.51 bits per heavy atom. The molecule has 2 aliphatic rings. The molecule has 0 radical (unpaired) electrons. The molecule has 0 unspecified atom stereocenters. The van der Waals surface area contributed by atoms with Gasteiger partial charge in [0, 0.05) is 110 Å². The fourth-order valence-electron chi connectivity index (χ4n) is 7.56. The number of nitrogens with two attached hydrogens (primary N) is 2. The zero-order chi connectivity index (χ0) is 44.1. The number of rotatable bonds is 8. The van der Waals surface area contributed by atoms with Gasteiger partial charge in [0.2, 0.25) is 0 Å². The maximum absolute atomic E-state index is 12.7. The number of nitrogens with zero attached hydrogens (tertiary/aromatic N) is 7. The van der Waals surface area contributed by atoms with E-state index < -0.39 is 0 Å². The number of pyridine rings is 4. The number of carbonyl (C=O) groups excluding carboxylic acids is 2. The third-order valence-electron chi connectivity index (χ3n) is 11.5. The van der Waals surface area contributed by atoms with E-state index in [1.165, 1.54) is 19.3 Å². The van der Waals surface area contributed by atoms with E-state index >= 15 is 0 Å². The van der Waals surface area contributed by atoms with Crippen LogP contribution in [-0.2, 0) is 0 Å². The number of aryl methyl sites for hydroxylation is 2. The predicted molar refractivity (Wildman–Crippen MR) is 251 cm³/mol. The average Bonchev–Trinajstić information content (AvgIpc) is 3.31. The highest BCUT2D eigenvalue weighted by atomic mass is 16.2. The van der Waals surface area contributed by atoms with E-state index in [1.54, 1.807) is 24.8 Å². The van der Waals surface area contributed by atoms with E-state index in [0.29, 0.717) is 46.9 Å². The number of nitrogens with one attached hydrogen (secondary N) is 2. The molecule has 0 aliphatic carbocycles. The van der Waals surface area contributed by atoms with Crippen LogP contribution in [0.4, 0.5) is 11.6 Å². The van der Waals surface area contributed by atoms with Crippen LogP contribution < -0.4 is 22.1 Å². The van der Waals surface area contributed by atoms with Crippen LogP contribution in [-0.4, -0.2) is 119 Å². The molecule has 0 spiro atoms. The van der Waals surface area contributed by atoms with E-state index in [0.717, 1.165) is 96.5 Å². The van der Waals surface area contributed by atoms with Gasteiger partial charge in [0.15, 0.2) is 0 Å². The van der Waals surface area contributed by atoms with Crippen molar-refractivity contribution in [1.29, 1.82) is 0 Å². The minimum absolute atomic E-state index is 0.0659. The van der Waals surface area contributed by atoms with E-state index in [9.17, 15) is 9.59 Å². The number of nitrogen functional groups attached to an aromatic ring is 2. The third kappa shape index (κ3) is 11.7. The molecule has 2 aliphatic heterocycles. The van der Waals surface area contributed by atoms with Crippen molar-refractivity contribution in [2.45, 2.75) is 33.1 Å². The molecule has 2 fully saturated rings. The molecule has 322 valence electrons. The lowest BCUT2D eigenvalue weighted by Gasteiger charge is -2.32. The van der Waals surface area contributed by atoms with Gasteiger partial charge in [-0.2, -0.15) is 0 Å². The zero-order valence-electron chi connectivity index (χ0n) is 36.4. The zero-order valence-corrected chi connectivity index (χ0v) is 36.4. The first-order valence-corrected chi connectivity index (χ1v) is 21.6. The predicted octanol–water partition coefficient (Wildman–Crippen LogP) is 5.03. The van der Waals surface area contributed by atoms with Crippen LogP contribution in [0.25, 0.3) is 21.8 Å². The van der Waals surface area contributed by atoms with Gasteiger partial charge in [0.25, 0.3) is 11.8 Å².